The zero-order chi connectivity index (χ0) is 17.9. The van der Waals surface area contributed by atoms with E-state index in [9.17, 15) is 12.8 Å². The van der Waals surface area contributed by atoms with E-state index in [2.05, 4.69) is 4.98 Å². The van der Waals surface area contributed by atoms with Gasteiger partial charge in [0.05, 0.1) is 23.4 Å². The van der Waals surface area contributed by atoms with Crippen LogP contribution in [0.4, 0.5) is 4.39 Å². The van der Waals surface area contributed by atoms with Crippen LogP contribution in [-0.4, -0.2) is 38.5 Å². The molecule has 130 valence electrons. The van der Waals surface area contributed by atoms with Crippen LogP contribution in [0.1, 0.15) is 17.3 Å². The van der Waals surface area contributed by atoms with Gasteiger partial charge in [0.1, 0.15) is 10.7 Å². The minimum Gasteiger partial charge on any atom is -0.383 e. The van der Waals surface area contributed by atoms with Gasteiger partial charge in [-0.15, -0.1) is 0 Å². The number of likely N-dealkylation sites (N-methyl/N-ethyl adjacent to an activating group) is 1. The van der Waals surface area contributed by atoms with Crippen LogP contribution < -0.4 is 0 Å². The number of pyridine rings is 1. The van der Waals surface area contributed by atoms with Gasteiger partial charge in [0, 0.05) is 20.4 Å². The van der Waals surface area contributed by atoms with E-state index in [-0.39, 0.29) is 22.1 Å². The lowest BCUT2D eigenvalue weighted by Gasteiger charge is -2.27. The van der Waals surface area contributed by atoms with Crippen molar-refractivity contribution in [2.75, 3.05) is 20.8 Å². The topological polar surface area (TPSA) is 59.5 Å². The van der Waals surface area contributed by atoms with Gasteiger partial charge in [0.2, 0.25) is 10.0 Å². The van der Waals surface area contributed by atoms with E-state index in [0.29, 0.717) is 5.69 Å². The second-order valence-corrected chi connectivity index (χ2v) is 7.65. The van der Waals surface area contributed by atoms with E-state index in [4.69, 9.17) is 16.3 Å². The Morgan fingerprint density at radius 2 is 2.08 bits per heavy atom. The number of hydrogen-bond acceptors (Lipinski definition) is 4. The minimum atomic E-state index is -3.96. The van der Waals surface area contributed by atoms with Gasteiger partial charge in [-0.1, -0.05) is 17.7 Å². The second-order valence-electron chi connectivity index (χ2n) is 5.28. The number of aryl methyl sites for hydroxylation is 1. The number of methoxy groups -OCH3 is 1. The van der Waals surface area contributed by atoms with Crippen molar-refractivity contribution in [1.82, 2.24) is 9.29 Å². The Bertz CT molecular complexity index is 816. The minimum absolute atomic E-state index is 0.116. The van der Waals surface area contributed by atoms with Gasteiger partial charge in [-0.2, -0.15) is 4.31 Å². The number of benzene rings is 1. The molecule has 0 aliphatic carbocycles. The van der Waals surface area contributed by atoms with Gasteiger partial charge < -0.3 is 4.74 Å². The van der Waals surface area contributed by atoms with Crippen molar-refractivity contribution in [2.45, 2.75) is 17.9 Å². The highest BCUT2D eigenvalue weighted by Crippen LogP contribution is 2.31. The van der Waals surface area contributed by atoms with Crippen LogP contribution >= 0.6 is 11.6 Å². The number of rotatable bonds is 6. The van der Waals surface area contributed by atoms with Crippen molar-refractivity contribution in [1.29, 1.82) is 0 Å². The smallest absolute Gasteiger partial charge is 0.245 e. The molecule has 0 fully saturated rings. The summed E-state index contributed by atoms with van der Waals surface area (Å²) in [6, 6.07) is 6.81. The summed E-state index contributed by atoms with van der Waals surface area (Å²) in [6.45, 7) is 1.60. The first-order chi connectivity index (χ1) is 11.3. The molecule has 1 unspecified atom stereocenters. The van der Waals surface area contributed by atoms with Crippen molar-refractivity contribution < 1.29 is 17.5 Å². The normalized spacial score (nSPS) is 13.2. The molecular formula is C16H18ClFN2O3S. The van der Waals surface area contributed by atoms with Gasteiger partial charge in [0.15, 0.2) is 0 Å². The SMILES string of the molecule is COCC(c1ccccn1)N(C)S(=O)(=O)c1cc(C)c(F)cc1Cl. The molecule has 5 nitrogen and oxygen atoms in total. The fourth-order valence-electron chi connectivity index (χ4n) is 2.26. The summed E-state index contributed by atoms with van der Waals surface area (Å²) in [5, 5.41) is -0.165. The van der Waals surface area contributed by atoms with Crippen LogP contribution in [-0.2, 0) is 14.8 Å². The molecule has 0 amide bonds. The Balaban J connectivity index is 2.49. The predicted octanol–water partition coefficient (Wildman–Crippen LogP) is 3.19. The molecule has 1 aromatic heterocycles. The average Bonchev–Trinajstić information content (AvgIpc) is 2.56. The average molecular weight is 373 g/mol. The number of ether oxygens (including phenoxy) is 1. The lowest BCUT2D eigenvalue weighted by molar-refractivity contribution is 0.140. The molecule has 2 rings (SSSR count). The second kappa shape index (κ2) is 7.57. The van der Waals surface area contributed by atoms with Gasteiger partial charge in [-0.3, -0.25) is 4.98 Å². The van der Waals surface area contributed by atoms with Gasteiger partial charge >= 0.3 is 0 Å². The quantitative estimate of drug-likeness (QED) is 0.781. The Labute approximate surface area is 146 Å². The maximum Gasteiger partial charge on any atom is 0.245 e. The number of aromatic nitrogens is 1. The van der Waals surface area contributed by atoms with E-state index in [1.54, 1.807) is 24.4 Å². The molecule has 0 spiro atoms. The molecule has 0 saturated carbocycles. The van der Waals surface area contributed by atoms with Crippen LogP contribution in [0.25, 0.3) is 0 Å². The number of hydrogen-bond donors (Lipinski definition) is 0. The number of nitrogens with zero attached hydrogens (tertiary/aromatic N) is 2. The van der Waals surface area contributed by atoms with Crippen molar-refractivity contribution in [3.8, 4) is 0 Å². The predicted molar refractivity (Wildman–Crippen MR) is 89.9 cm³/mol. The Hall–Kier alpha value is -1.54. The molecule has 0 N–H and O–H groups in total. The zero-order valence-corrected chi connectivity index (χ0v) is 15.1. The fourth-order valence-corrected chi connectivity index (χ4v) is 4.15. The third-order valence-corrected chi connectivity index (χ3v) is 5.99. The van der Waals surface area contributed by atoms with Crippen LogP contribution in [0.2, 0.25) is 5.02 Å². The Morgan fingerprint density at radius 1 is 1.38 bits per heavy atom. The molecule has 1 aromatic carbocycles. The Kier molecular flexibility index (Phi) is 5.92. The van der Waals surface area contributed by atoms with Crippen LogP contribution in [0.15, 0.2) is 41.4 Å². The van der Waals surface area contributed by atoms with Crippen molar-refractivity contribution in [2.24, 2.45) is 0 Å². The van der Waals surface area contributed by atoms with Crippen LogP contribution in [0.3, 0.4) is 0 Å². The molecule has 0 radical (unpaired) electrons. The van der Waals surface area contributed by atoms with E-state index < -0.39 is 21.9 Å². The highest BCUT2D eigenvalue weighted by molar-refractivity contribution is 7.89. The third kappa shape index (κ3) is 3.75. The molecule has 2 aromatic rings. The summed E-state index contributed by atoms with van der Waals surface area (Å²) in [4.78, 5) is 4.05. The summed E-state index contributed by atoms with van der Waals surface area (Å²) < 4.78 is 45.7. The van der Waals surface area contributed by atoms with Crippen molar-refractivity contribution >= 4 is 21.6 Å². The first-order valence-corrected chi connectivity index (χ1v) is 8.94. The van der Waals surface area contributed by atoms with Crippen molar-refractivity contribution in [3.05, 3.63) is 58.6 Å². The monoisotopic (exact) mass is 372 g/mol. The summed E-state index contributed by atoms with van der Waals surface area (Å²) in [5.41, 5.74) is 0.743. The largest absolute Gasteiger partial charge is 0.383 e. The summed E-state index contributed by atoms with van der Waals surface area (Å²) in [7, 11) is -1.07. The zero-order valence-electron chi connectivity index (χ0n) is 13.5. The number of sulfonamides is 1. The third-order valence-electron chi connectivity index (χ3n) is 3.66. The molecule has 1 heterocycles. The maximum absolute atomic E-state index is 13.6. The first kappa shape index (κ1) is 18.8. The van der Waals surface area contributed by atoms with E-state index in [1.807, 2.05) is 0 Å². The lowest BCUT2D eigenvalue weighted by Crippen LogP contribution is -2.34. The molecule has 0 bridgehead atoms. The van der Waals surface area contributed by atoms with Gasteiger partial charge in [-0.25, -0.2) is 12.8 Å². The maximum atomic E-state index is 13.6. The highest BCUT2D eigenvalue weighted by atomic mass is 35.5. The molecular weight excluding hydrogens is 355 g/mol. The molecule has 1 atom stereocenters. The Morgan fingerprint density at radius 3 is 2.67 bits per heavy atom. The standard InChI is InChI=1S/C16H18ClFN2O3S/c1-11-8-16(12(17)9-13(11)18)24(21,22)20(2)15(10-23-3)14-6-4-5-7-19-14/h4-9,15H,10H2,1-3H3. The molecule has 0 aliphatic rings. The highest BCUT2D eigenvalue weighted by Gasteiger charge is 2.32. The van der Waals surface area contributed by atoms with E-state index in [1.165, 1.54) is 27.1 Å². The summed E-state index contributed by atoms with van der Waals surface area (Å²) in [6.07, 6.45) is 1.58. The van der Waals surface area contributed by atoms with Crippen LogP contribution in [0.5, 0.6) is 0 Å². The molecule has 8 heteroatoms. The number of halogens is 2. The summed E-state index contributed by atoms with van der Waals surface area (Å²) in [5.74, 6) is -0.556. The van der Waals surface area contributed by atoms with Gasteiger partial charge in [0.25, 0.3) is 0 Å². The van der Waals surface area contributed by atoms with Crippen molar-refractivity contribution in [3.63, 3.8) is 0 Å². The van der Waals surface area contributed by atoms with Gasteiger partial charge in [-0.05, 0) is 36.8 Å². The fraction of sp³-hybridized carbons (Fsp3) is 0.312. The van der Waals surface area contributed by atoms with Crippen LogP contribution in [0, 0.1) is 12.7 Å². The lowest BCUT2D eigenvalue weighted by atomic mass is 10.2. The molecule has 24 heavy (non-hydrogen) atoms. The van der Waals surface area contributed by atoms with E-state index in [0.717, 1.165) is 10.4 Å². The van der Waals surface area contributed by atoms with E-state index >= 15 is 0 Å². The first-order valence-electron chi connectivity index (χ1n) is 7.12. The molecule has 0 saturated heterocycles. The molecule has 0 aliphatic heterocycles. The summed E-state index contributed by atoms with van der Waals surface area (Å²) >= 11 is 5.97.